The predicted octanol–water partition coefficient (Wildman–Crippen LogP) is 1.47. The van der Waals surface area contributed by atoms with Crippen LogP contribution in [-0.2, 0) is 21.6 Å². The lowest BCUT2D eigenvalue weighted by Crippen LogP contribution is -2.23. The molecule has 0 radical (unpaired) electrons. The fourth-order valence-electron chi connectivity index (χ4n) is 3.13. The number of methoxy groups -OCH3 is 1. The van der Waals surface area contributed by atoms with Crippen molar-refractivity contribution in [3.63, 3.8) is 0 Å². The second kappa shape index (κ2) is 6.60. The standard InChI is InChI=1S/C16H23N3O4S/c1-19-14-9-12(17)15(23-6-5-22-2)10-13(14)18-16(19)11-3-7-24(20,21)8-4-11/h9-11H,3-8,17H2,1-2H3. The number of fused-ring (bicyclic) bond motifs is 1. The molecule has 1 aliphatic heterocycles. The van der Waals surface area contributed by atoms with Gasteiger partial charge in [-0.1, -0.05) is 0 Å². The normalized spacial score (nSPS) is 18.1. The summed E-state index contributed by atoms with van der Waals surface area (Å²) in [6, 6.07) is 3.69. The number of rotatable bonds is 5. The maximum absolute atomic E-state index is 11.6. The molecule has 132 valence electrons. The molecule has 2 N–H and O–H groups in total. The molecule has 0 atom stereocenters. The average Bonchev–Trinajstić information content (AvgIpc) is 2.84. The van der Waals surface area contributed by atoms with Gasteiger partial charge in [0, 0.05) is 26.1 Å². The van der Waals surface area contributed by atoms with Gasteiger partial charge in [0.15, 0.2) is 0 Å². The van der Waals surface area contributed by atoms with Crippen LogP contribution in [0, 0.1) is 0 Å². The number of benzene rings is 1. The highest BCUT2D eigenvalue weighted by Crippen LogP contribution is 2.33. The number of nitrogen functional groups attached to an aromatic ring is 1. The van der Waals surface area contributed by atoms with Gasteiger partial charge >= 0.3 is 0 Å². The van der Waals surface area contributed by atoms with E-state index in [4.69, 9.17) is 20.2 Å². The molecule has 2 heterocycles. The molecule has 7 nitrogen and oxygen atoms in total. The zero-order valence-corrected chi connectivity index (χ0v) is 14.8. The Morgan fingerprint density at radius 2 is 2.00 bits per heavy atom. The van der Waals surface area contributed by atoms with Gasteiger partial charge in [0.25, 0.3) is 0 Å². The first-order valence-electron chi connectivity index (χ1n) is 7.99. The first-order chi connectivity index (χ1) is 11.4. The minimum absolute atomic E-state index is 0.157. The van der Waals surface area contributed by atoms with Crippen molar-refractivity contribution in [1.29, 1.82) is 0 Å². The summed E-state index contributed by atoms with van der Waals surface area (Å²) in [5.74, 6) is 2.12. The number of ether oxygens (including phenoxy) is 2. The van der Waals surface area contributed by atoms with Crippen LogP contribution < -0.4 is 10.5 Å². The molecular weight excluding hydrogens is 330 g/mol. The van der Waals surface area contributed by atoms with Gasteiger partial charge < -0.3 is 19.8 Å². The lowest BCUT2D eigenvalue weighted by molar-refractivity contribution is 0.147. The van der Waals surface area contributed by atoms with Gasteiger partial charge in [0.2, 0.25) is 0 Å². The van der Waals surface area contributed by atoms with E-state index in [0.29, 0.717) is 37.5 Å². The molecule has 8 heteroatoms. The molecule has 24 heavy (non-hydrogen) atoms. The number of hydrogen-bond acceptors (Lipinski definition) is 6. The summed E-state index contributed by atoms with van der Waals surface area (Å²) in [7, 11) is 0.678. The maximum atomic E-state index is 11.6. The van der Waals surface area contributed by atoms with Crippen molar-refractivity contribution in [3.05, 3.63) is 18.0 Å². The van der Waals surface area contributed by atoms with E-state index in [2.05, 4.69) is 0 Å². The largest absolute Gasteiger partial charge is 0.489 e. The summed E-state index contributed by atoms with van der Waals surface area (Å²) < 4.78 is 35.9. The van der Waals surface area contributed by atoms with Gasteiger partial charge in [-0.15, -0.1) is 0 Å². The molecule has 0 bridgehead atoms. The Balaban J connectivity index is 1.89. The Bertz CT molecular complexity index is 831. The second-order valence-electron chi connectivity index (χ2n) is 6.18. The summed E-state index contributed by atoms with van der Waals surface area (Å²) in [5.41, 5.74) is 8.36. The van der Waals surface area contributed by atoms with Crippen molar-refractivity contribution >= 4 is 26.6 Å². The highest BCUT2D eigenvalue weighted by molar-refractivity contribution is 7.91. The molecule has 1 fully saturated rings. The van der Waals surface area contributed by atoms with Crippen molar-refractivity contribution in [3.8, 4) is 5.75 Å². The van der Waals surface area contributed by atoms with Crippen LogP contribution in [0.5, 0.6) is 5.75 Å². The van der Waals surface area contributed by atoms with Gasteiger partial charge in [0.1, 0.15) is 28.0 Å². The van der Waals surface area contributed by atoms with Crippen LogP contribution in [0.15, 0.2) is 12.1 Å². The van der Waals surface area contributed by atoms with Gasteiger partial charge in [-0.25, -0.2) is 13.4 Å². The van der Waals surface area contributed by atoms with Crippen molar-refractivity contribution in [1.82, 2.24) is 9.55 Å². The second-order valence-corrected chi connectivity index (χ2v) is 8.48. The number of sulfone groups is 1. The molecule has 0 aliphatic carbocycles. The van der Waals surface area contributed by atoms with Gasteiger partial charge in [0.05, 0.1) is 34.8 Å². The molecule has 0 amide bonds. The topological polar surface area (TPSA) is 96.4 Å². The number of hydrogen-bond donors (Lipinski definition) is 1. The van der Waals surface area contributed by atoms with E-state index in [0.717, 1.165) is 16.9 Å². The SMILES string of the molecule is COCCOc1cc2nc(C3CCS(=O)(=O)CC3)n(C)c2cc1N. The molecule has 1 aromatic heterocycles. The summed E-state index contributed by atoms with van der Waals surface area (Å²) in [4.78, 5) is 4.72. The quantitative estimate of drug-likeness (QED) is 0.646. The minimum atomic E-state index is -2.88. The van der Waals surface area contributed by atoms with Crippen LogP contribution in [0.2, 0.25) is 0 Å². The van der Waals surface area contributed by atoms with E-state index in [-0.39, 0.29) is 17.4 Å². The Hall–Kier alpha value is -1.80. The Labute approximate surface area is 141 Å². The number of nitrogens with zero attached hydrogens (tertiary/aromatic N) is 2. The number of aromatic nitrogens is 2. The fraction of sp³-hybridized carbons (Fsp3) is 0.562. The number of imidazole rings is 1. The summed E-state index contributed by atoms with van der Waals surface area (Å²) >= 11 is 0. The third-order valence-corrected chi connectivity index (χ3v) is 6.23. The van der Waals surface area contributed by atoms with Gasteiger partial charge in [-0.2, -0.15) is 0 Å². The van der Waals surface area contributed by atoms with E-state index in [9.17, 15) is 8.42 Å². The molecule has 1 aliphatic rings. The monoisotopic (exact) mass is 353 g/mol. The molecule has 3 rings (SSSR count). The van der Waals surface area contributed by atoms with E-state index < -0.39 is 9.84 Å². The molecular formula is C16H23N3O4S. The lowest BCUT2D eigenvalue weighted by Gasteiger charge is -2.21. The number of nitrogens with two attached hydrogens (primary N) is 1. The first-order valence-corrected chi connectivity index (χ1v) is 9.81. The number of aryl methyl sites for hydroxylation is 1. The minimum Gasteiger partial charge on any atom is -0.489 e. The molecule has 1 aromatic carbocycles. The molecule has 0 unspecified atom stereocenters. The third kappa shape index (κ3) is 3.34. The van der Waals surface area contributed by atoms with Crippen LogP contribution >= 0.6 is 0 Å². The van der Waals surface area contributed by atoms with Crippen LogP contribution in [-0.4, -0.2) is 49.8 Å². The fourth-order valence-corrected chi connectivity index (χ4v) is 4.62. The van der Waals surface area contributed by atoms with E-state index in [1.807, 2.05) is 23.7 Å². The molecule has 0 saturated carbocycles. The van der Waals surface area contributed by atoms with Crippen LogP contribution in [0.3, 0.4) is 0 Å². The van der Waals surface area contributed by atoms with E-state index >= 15 is 0 Å². The van der Waals surface area contributed by atoms with Crippen LogP contribution in [0.4, 0.5) is 5.69 Å². The Morgan fingerprint density at radius 3 is 2.67 bits per heavy atom. The summed E-state index contributed by atoms with van der Waals surface area (Å²) in [5, 5.41) is 0. The number of anilines is 1. The van der Waals surface area contributed by atoms with Crippen molar-refractivity contribution < 1.29 is 17.9 Å². The van der Waals surface area contributed by atoms with E-state index in [1.54, 1.807) is 7.11 Å². The summed E-state index contributed by atoms with van der Waals surface area (Å²) in [6.45, 7) is 0.911. The van der Waals surface area contributed by atoms with Crippen molar-refractivity contribution in [2.45, 2.75) is 18.8 Å². The predicted molar refractivity (Wildman–Crippen MR) is 93.1 cm³/mol. The Morgan fingerprint density at radius 1 is 1.29 bits per heavy atom. The lowest BCUT2D eigenvalue weighted by atomic mass is 10.0. The van der Waals surface area contributed by atoms with E-state index in [1.165, 1.54) is 0 Å². The Kier molecular flexibility index (Phi) is 4.69. The zero-order valence-electron chi connectivity index (χ0n) is 14.0. The smallest absolute Gasteiger partial charge is 0.150 e. The van der Waals surface area contributed by atoms with Crippen LogP contribution in [0.1, 0.15) is 24.6 Å². The molecule has 2 aromatic rings. The molecule has 1 saturated heterocycles. The van der Waals surface area contributed by atoms with Crippen molar-refractivity contribution in [2.24, 2.45) is 7.05 Å². The highest BCUT2D eigenvalue weighted by Gasteiger charge is 2.28. The van der Waals surface area contributed by atoms with Gasteiger partial charge in [-0.05, 0) is 18.9 Å². The first kappa shape index (κ1) is 17.0. The van der Waals surface area contributed by atoms with Crippen molar-refractivity contribution in [2.75, 3.05) is 37.6 Å². The van der Waals surface area contributed by atoms with Gasteiger partial charge in [-0.3, -0.25) is 0 Å². The maximum Gasteiger partial charge on any atom is 0.150 e. The third-order valence-electron chi connectivity index (χ3n) is 4.51. The highest BCUT2D eigenvalue weighted by atomic mass is 32.2. The van der Waals surface area contributed by atoms with Crippen LogP contribution in [0.25, 0.3) is 11.0 Å². The molecule has 0 spiro atoms. The zero-order chi connectivity index (χ0) is 17.3. The average molecular weight is 353 g/mol. The summed E-state index contributed by atoms with van der Waals surface area (Å²) in [6.07, 6.45) is 1.23.